The van der Waals surface area contributed by atoms with Crippen molar-refractivity contribution in [1.82, 2.24) is 0 Å². The second-order valence-corrected chi connectivity index (χ2v) is 4.84. The molecule has 2 rings (SSSR count). The summed E-state index contributed by atoms with van der Waals surface area (Å²) in [6.45, 7) is 0. The fraction of sp³-hybridized carbons (Fsp3) is 0.438. The van der Waals surface area contributed by atoms with Gasteiger partial charge in [-0.25, -0.2) is 0 Å². The van der Waals surface area contributed by atoms with Crippen LogP contribution in [0.15, 0.2) is 30.3 Å². The third kappa shape index (κ3) is 3.46. The van der Waals surface area contributed by atoms with Gasteiger partial charge in [0.05, 0.1) is 7.11 Å². The van der Waals surface area contributed by atoms with E-state index in [9.17, 15) is 4.79 Å². The Morgan fingerprint density at radius 3 is 2.44 bits per heavy atom. The molecule has 0 unspecified atom stereocenters. The van der Waals surface area contributed by atoms with E-state index in [0.29, 0.717) is 0 Å². The summed E-state index contributed by atoms with van der Waals surface area (Å²) in [7, 11) is 1.65. The summed E-state index contributed by atoms with van der Waals surface area (Å²) in [6, 6.07) is 7.74. The highest BCUT2D eigenvalue weighted by Gasteiger charge is 2.18. The van der Waals surface area contributed by atoms with E-state index in [0.717, 1.165) is 24.2 Å². The second kappa shape index (κ2) is 6.39. The van der Waals surface area contributed by atoms with Crippen LogP contribution in [0.2, 0.25) is 0 Å². The number of ketones is 1. The molecule has 1 aromatic rings. The smallest absolute Gasteiger partial charge is 0.158 e. The van der Waals surface area contributed by atoms with E-state index in [2.05, 4.69) is 0 Å². The first kappa shape index (κ1) is 12.9. The minimum Gasteiger partial charge on any atom is -0.497 e. The Bertz CT molecular complexity index is 411. The zero-order valence-corrected chi connectivity index (χ0v) is 10.9. The van der Waals surface area contributed by atoms with E-state index in [4.69, 9.17) is 4.74 Å². The van der Waals surface area contributed by atoms with Gasteiger partial charge >= 0.3 is 0 Å². The van der Waals surface area contributed by atoms with Gasteiger partial charge in [-0.05, 0) is 36.6 Å². The Morgan fingerprint density at radius 2 is 1.83 bits per heavy atom. The van der Waals surface area contributed by atoms with Crippen LogP contribution >= 0.6 is 0 Å². The fourth-order valence-corrected chi connectivity index (χ4v) is 2.42. The van der Waals surface area contributed by atoms with E-state index < -0.39 is 0 Å². The largest absolute Gasteiger partial charge is 0.497 e. The Morgan fingerprint density at radius 1 is 1.17 bits per heavy atom. The number of carbonyl (C=O) groups is 1. The van der Waals surface area contributed by atoms with Crippen molar-refractivity contribution in [2.45, 2.75) is 32.1 Å². The molecule has 2 heteroatoms. The zero-order valence-electron chi connectivity index (χ0n) is 10.9. The van der Waals surface area contributed by atoms with Crippen LogP contribution in [-0.2, 0) is 4.79 Å². The maximum Gasteiger partial charge on any atom is 0.158 e. The quantitative estimate of drug-likeness (QED) is 0.752. The van der Waals surface area contributed by atoms with Gasteiger partial charge in [-0.3, -0.25) is 4.79 Å². The maximum atomic E-state index is 12.0. The highest BCUT2D eigenvalue weighted by molar-refractivity contribution is 5.95. The molecular formula is C16H20O2. The summed E-state index contributed by atoms with van der Waals surface area (Å²) in [6.07, 6.45) is 9.44. The van der Waals surface area contributed by atoms with Crippen molar-refractivity contribution in [3.8, 4) is 5.75 Å². The van der Waals surface area contributed by atoms with Gasteiger partial charge < -0.3 is 4.74 Å². The molecule has 0 spiro atoms. The predicted octanol–water partition coefficient (Wildman–Crippen LogP) is 3.86. The minimum absolute atomic E-state index is 0.258. The summed E-state index contributed by atoms with van der Waals surface area (Å²) in [5, 5.41) is 0. The Hall–Kier alpha value is -1.57. The van der Waals surface area contributed by atoms with Crippen LogP contribution < -0.4 is 4.74 Å². The lowest BCUT2D eigenvalue weighted by molar-refractivity contribution is -0.119. The minimum atomic E-state index is 0.258. The maximum absolute atomic E-state index is 12.0. The molecule has 1 aliphatic rings. The average molecular weight is 244 g/mol. The van der Waals surface area contributed by atoms with Crippen molar-refractivity contribution in [3.05, 3.63) is 35.9 Å². The number of methoxy groups -OCH3 is 1. The van der Waals surface area contributed by atoms with Crippen molar-refractivity contribution < 1.29 is 9.53 Å². The lowest BCUT2D eigenvalue weighted by Gasteiger charge is -2.18. The van der Waals surface area contributed by atoms with E-state index in [1.165, 1.54) is 19.3 Å². The van der Waals surface area contributed by atoms with Crippen LogP contribution in [0.3, 0.4) is 0 Å². The highest BCUT2D eigenvalue weighted by Crippen LogP contribution is 2.25. The Kier molecular flexibility index (Phi) is 4.57. The van der Waals surface area contributed by atoms with Crippen molar-refractivity contribution in [3.63, 3.8) is 0 Å². The number of benzene rings is 1. The first-order valence-corrected chi connectivity index (χ1v) is 6.65. The molecule has 0 saturated heterocycles. The number of rotatable bonds is 4. The second-order valence-electron chi connectivity index (χ2n) is 4.84. The molecule has 0 aromatic heterocycles. The van der Waals surface area contributed by atoms with Crippen molar-refractivity contribution >= 4 is 11.9 Å². The van der Waals surface area contributed by atoms with Gasteiger partial charge in [0.2, 0.25) is 0 Å². The number of hydrogen-bond acceptors (Lipinski definition) is 2. The molecule has 0 N–H and O–H groups in total. The highest BCUT2D eigenvalue weighted by atomic mass is 16.5. The van der Waals surface area contributed by atoms with E-state index in [1.807, 2.05) is 30.3 Å². The topological polar surface area (TPSA) is 26.3 Å². The van der Waals surface area contributed by atoms with Gasteiger partial charge in [-0.15, -0.1) is 0 Å². The number of hydrogen-bond donors (Lipinski definition) is 0. The molecule has 1 fully saturated rings. The molecule has 18 heavy (non-hydrogen) atoms. The monoisotopic (exact) mass is 244 g/mol. The van der Waals surface area contributed by atoms with Crippen LogP contribution in [0.4, 0.5) is 0 Å². The summed E-state index contributed by atoms with van der Waals surface area (Å²) < 4.78 is 5.10. The first-order chi connectivity index (χ1) is 8.79. The van der Waals surface area contributed by atoms with Crippen LogP contribution in [0, 0.1) is 5.92 Å². The SMILES string of the molecule is COc1ccc(C=CC(=O)C2CCCCC2)cc1. The third-order valence-electron chi connectivity index (χ3n) is 3.56. The van der Waals surface area contributed by atoms with E-state index in [1.54, 1.807) is 13.2 Å². The van der Waals surface area contributed by atoms with Gasteiger partial charge in [0.1, 0.15) is 5.75 Å². The van der Waals surface area contributed by atoms with Gasteiger partial charge in [-0.1, -0.05) is 37.5 Å². The number of ether oxygens (including phenoxy) is 1. The summed E-state index contributed by atoms with van der Waals surface area (Å²) in [4.78, 5) is 12.0. The number of allylic oxidation sites excluding steroid dienone is 1. The van der Waals surface area contributed by atoms with Gasteiger partial charge in [0.25, 0.3) is 0 Å². The van der Waals surface area contributed by atoms with Crippen LogP contribution in [0.25, 0.3) is 6.08 Å². The fourth-order valence-electron chi connectivity index (χ4n) is 2.42. The average Bonchev–Trinajstić information content (AvgIpc) is 2.46. The van der Waals surface area contributed by atoms with Crippen molar-refractivity contribution in [2.75, 3.05) is 7.11 Å². The Labute approximate surface area is 109 Å². The van der Waals surface area contributed by atoms with Crippen molar-refractivity contribution in [1.29, 1.82) is 0 Å². The van der Waals surface area contributed by atoms with E-state index in [-0.39, 0.29) is 11.7 Å². The molecule has 0 aliphatic heterocycles. The molecule has 1 saturated carbocycles. The normalized spacial score (nSPS) is 16.9. The summed E-state index contributed by atoms with van der Waals surface area (Å²) in [5.74, 6) is 1.38. The molecule has 0 atom stereocenters. The van der Waals surface area contributed by atoms with Gasteiger partial charge in [0.15, 0.2) is 5.78 Å². The van der Waals surface area contributed by atoms with Crippen molar-refractivity contribution in [2.24, 2.45) is 5.92 Å². The molecule has 0 amide bonds. The molecule has 0 radical (unpaired) electrons. The molecular weight excluding hydrogens is 224 g/mol. The summed E-state index contributed by atoms with van der Waals surface area (Å²) >= 11 is 0. The Balaban J connectivity index is 1.94. The zero-order chi connectivity index (χ0) is 12.8. The van der Waals surface area contributed by atoms with Gasteiger partial charge in [-0.2, -0.15) is 0 Å². The lowest BCUT2D eigenvalue weighted by Crippen LogP contribution is -2.15. The molecule has 0 heterocycles. The molecule has 1 aliphatic carbocycles. The lowest BCUT2D eigenvalue weighted by atomic mass is 9.86. The van der Waals surface area contributed by atoms with Gasteiger partial charge in [0, 0.05) is 5.92 Å². The first-order valence-electron chi connectivity index (χ1n) is 6.65. The molecule has 0 bridgehead atoms. The molecule has 2 nitrogen and oxygen atoms in total. The van der Waals surface area contributed by atoms with Crippen LogP contribution in [0.1, 0.15) is 37.7 Å². The predicted molar refractivity (Wildman–Crippen MR) is 73.6 cm³/mol. The summed E-state index contributed by atoms with van der Waals surface area (Å²) in [5.41, 5.74) is 1.04. The van der Waals surface area contributed by atoms with Crippen LogP contribution in [0.5, 0.6) is 5.75 Å². The van der Waals surface area contributed by atoms with E-state index >= 15 is 0 Å². The third-order valence-corrected chi connectivity index (χ3v) is 3.56. The van der Waals surface area contributed by atoms with Crippen LogP contribution in [-0.4, -0.2) is 12.9 Å². The standard InChI is InChI=1S/C16H20O2/c1-18-15-10-7-13(8-11-15)9-12-16(17)14-5-3-2-4-6-14/h7-12,14H,2-6H2,1H3. The number of carbonyl (C=O) groups excluding carboxylic acids is 1. The molecule has 96 valence electrons. The molecule has 1 aromatic carbocycles.